The van der Waals surface area contributed by atoms with E-state index in [0.29, 0.717) is 10.1 Å². The molecule has 0 aliphatic heterocycles. The lowest BCUT2D eigenvalue weighted by Crippen LogP contribution is -2.03. The predicted molar refractivity (Wildman–Crippen MR) is 256 cm³/mol. The average Bonchev–Trinajstić information content (AvgIpc) is 4.17. The molecule has 9 aromatic rings. The number of rotatable bonds is 15. The lowest BCUT2D eigenvalue weighted by Gasteiger charge is -2.11. The van der Waals surface area contributed by atoms with Crippen molar-refractivity contribution in [2.45, 2.75) is 85.0 Å². The summed E-state index contributed by atoms with van der Waals surface area (Å²) < 4.78 is 126. The van der Waals surface area contributed by atoms with Crippen LogP contribution >= 0.6 is 56.7 Å². The van der Waals surface area contributed by atoms with E-state index in [1.807, 2.05) is 6.08 Å². The highest BCUT2D eigenvalue weighted by Crippen LogP contribution is 2.51. The van der Waals surface area contributed by atoms with Gasteiger partial charge in [0.25, 0.3) is 0 Å². The van der Waals surface area contributed by atoms with E-state index in [0.717, 1.165) is 90.0 Å². The molecule has 0 atom stereocenters. The summed E-state index contributed by atoms with van der Waals surface area (Å²) in [5.41, 5.74) is 1.38. The minimum Gasteiger partial charge on any atom is -0.303 e. The van der Waals surface area contributed by atoms with Crippen LogP contribution in [0.5, 0.6) is 0 Å². The summed E-state index contributed by atoms with van der Waals surface area (Å²) in [6.45, 7) is 6.14. The molecule has 0 aliphatic rings. The number of unbranched alkanes of at least 4 members (excludes halogenated alkanes) is 6. The second-order valence-corrected chi connectivity index (χ2v) is 21.4. The number of fused-ring (bicyclic) bond motifs is 6. The van der Waals surface area contributed by atoms with Crippen molar-refractivity contribution in [3.8, 4) is 41.7 Å². The first kappa shape index (κ1) is 45.3. The van der Waals surface area contributed by atoms with Crippen molar-refractivity contribution < 1.29 is 35.1 Å². The number of aryl methyl sites for hydroxylation is 2. The first-order valence-electron chi connectivity index (χ1n) is 21.3. The fraction of sp³-hybridized carbons (Fsp3) is 0.260. The Labute approximate surface area is 389 Å². The van der Waals surface area contributed by atoms with Crippen LogP contribution in [0.25, 0.3) is 82.3 Å². The van der Waals surface area contributed by atoms with E-state index in [2.05, 4.69) is 44.2 Å². The van der Waals surface area contributed by atoms with Gasteiger partial charge in [0.2, 0.25) is 0 Å². The Bertz CT molecular complexity index is 3290. The topological polar surface area (TPSA) is 28.7 Å². The Kier molecular flexibility index (Phi) is 12.9. The molecule has 0 saturated heterocycles. The minimum absolute atomic E-state index is 0.151. The lowest BCUT2D eigenvalue weighted by molar-refractivity contribution is 0.416. The summed E-state index contributed by atoms with van der Waals surface area (Å²) in [4.78, 5) is 6.64. The number of hydrogen-bond acceptors (Lipinski definition) is 6. The molecule has 0 unspecified atom stereocenters. The maximum atomic E-state index is 15.6. The van der Waals surface area contributed by atoms with E-state index in [4.69, 9.17) is 0 Å². The summed E-state index contributed by atoms with van der Waals surface area (Å²) in [7, 11) is 0. The molecule has 6 aromatic heterocycles. The monoisotopic (exact) mass is 978 g/mol. The third kappa shape index (κ3) is 8.03. The van der Waals surface area contributed by atoms with Gasteiger partial charge in [-0.15, -0.1) is 56.7 Å². The first-order chi connectivity index (χ1) is 31.3. The molecule has 0 saturated carbocycles. The second kappa shape index (κ2) is 18.4. The molecule has 0 N–H and O–H groups in total. The number of hydrogen-bond donors (Lipinski definition) is 0. The van der Waals surface area contributed by atoms with Crippen molar-refractivity contribution in [1.29, 1.82) is 5.26 Å². The number of thiophene rings is 5. The summed E-state index contributed by atoms with van der Waals surface area (Å²) >= 11 is 8.62. The molecule has 334 valence electrons. The predicted octanol–water partition coefficient (Wildman–Crippen LogP) is 18.7. The number of aromatic nitrogens is 1. The van der Waals surface area contributed by atoms with Crippen LogP contribution in [0.2, 0.25) is 0 Å². The number of halogens is 8. The summed E-state index contributed by atoms with van der Waals surface area (Å²) in [5, 5.41) is 6.80. The van der Waals surface area contributed by atoms with Crippen LogP contribution in [0, 0.1) is 57.9 Å². The van der Waals surface area contributed by atoms with Crippen molar-refractivity contribution in [1.82, 2.24) is 4.57 Å². The van der Waals surface area contributed by atoms with E-state index in [1.54, 1.807) is 75.7 Å². The van der Waals surface area contributed by atoms with Gasteiger partial charge in [0.05, 0.1) is 37.3 Å². The fourth-order valence-electron chi connectivity index (χ4n) is 8.44. The first-order valence-corrected chi connectivity index (χ1v) is 25.4. The smallest absolute Gasteiger partial charge is 0.199 e. The zero-order chi connectivity index (χ0) is 45.8. The highest BCUT2D eigenvalue weighted by Gasteiger charge is 2.33. The van der Waals surface area contributed by atoms with Gasteiger partial charge in [0, 0.05) is 49.9 Å². The number of nitrogens with zero attached hydrogens (tertiary/aromatic N) is 2. The van der Waals surface area contributed by atoms with Crippen molar-refractivity contribution in [3.05, 3.63) is 117 Å². The van der Waals surface area contributed by atoms with Crippen LogP contribution in [-0.4, -0.2) is 4.57 Å². The Morgan fingerprint density at radius 2 is 1.06 bits per heavy atom. The highest BCUT2D eigenvalue weighted by molar-refractivity contribution is 7.40. The van der Waals surface area contributed by atoms with Crippen LogP contribution in [0.4, 0.5) is 35.1 Å². The number of allylic oxidation sites excluding steroid dienone is 1. The maximum absolute atomic E-state index is 15.6. The molecular formula is C50H38F8N2S5. The maximum Gasteiger partial charge on any atom is 0.199 e. The van der Waals surface area contributed by atoms with E-state index in [9.17, 15) is 22.8 Å². The second-order valence-electron chi connectivity index (χ2n) is 16.1. The molecule has 15 heteroatoms. The van der Waals surface area contributed by atoms with Crippen molar-refractivity contribution in [2.24, 2.45) is 0 Å². The van der Waals surface area contributed by atoms with Gasteiger partial charge in [-0.25, -0.2) is 35.1 Å². The Balaban J connectivity index is 1.15. The van der Waals surface area contributed by atoms with Gasteiger partial charge >= 0.3 is 0 Å². The van der Waals surface area contributed by atoms with E-state index >= 15 is 17.6 Å². The molecule has 6 heterocycles. The molecule has 0 amide bonds. The van der Waals surface area contributed by atoms with Gasteiger partial charge < -0.3 is 4.57 Å². The highest BCUT2D eigenvalue weighted by atomic mass is 32.1. The molecule has 0 aliphatic carbocycles. The summed E-state index contributed by atoms with van der Waals surface area (Å²) in [6, 6.07) is 17.3. The van der Waals surface area contributed by atoms with E-state index in [-0.39, 0.29) is 5.69 Å². The SMILES string of the molecule is CCCCCCc1cc(-c2sc(-c3cc4sc5cc(/C=C(/C)C#N)sc5c4s3)cc2CCCCCC)sc1-c1ccc(-n2c3c(F)c(F)c(F)c(F)c3c3c(F)c(F)c(F)c(F)c32)cc1. The molecule has 0 fully saturated rings. The molecule has 0 bridgehead atoms. The van der Waals surface area contributed by atoms with Crippen LogP contribution < -0.4 is 0 Å². The van der Waals surface area contributed by atoms with E-state index < -0.39 is 68.3 Å². The van der Waals surface area contributed by atoms with Gasteiger partial charge in [-0.2, -0.15) is 5.26 Å². The normalized spacial score (nSPS) is 12.3. The van der Waals surface area contributed by atoms with Crippen LogP contribution in [0.15, 0.2) is 54.1 Å². The van der Waals surface area contributed by atoms with Gasteiger partial charge in [0.1, 0.15) is 0 Å². The molecule has 65 heavy (non-hydrogen) atoms. The number of benzene rings is 3. The Morgan fingerprint density at radius 1 is 0.554 bits per heavy atom. The molecule has 0 spiro atoms. The average molecular weight is 979 g/mol. The Morgan fingerprint density at radius 3 is 1.65 bits per heavy atom. The fourth-order valence-corrected chi connectivity index (χ4v) is 15.1. The van der Waals surface area contributed by atoms with Gasteiger partial charge in [0.15, 0.2) is 46.5 Å². The van der Waals surface area contributed by atoms with Crippen molar-refractivity contribution in [2.75, 3.05) is 0 Å². The minimum atomic E-state index is -2.30. The van der Waals surface area contributed by atoms with Crippen LogP contribution in [0.3, 0.4) is 0 Å². The van der Waals surface area contributed by atoms with Crippen molar-refractivity contribution in [3.63, 3.8) is 0 Å². The molecule has 3 aromatic carbocycles. The quantitative estimate of drug-likeness (QED) is 0.0331. The van der Waals surface area contributed by atoms with Gasteiger partial charge in [-0.1, -0.05) is 64.5 Å². The zero-order valence-electron chi connectivity index (χ0n) is 35.2. The summed E-state index contributed by atoms with van der Waals surface area (Å²) in [6.07, 6.45) is 12.1. The lowest BCUT2D eigenvalue weighted by atomic mass is 10.0. The van der Waals surface area contributed by atoms with Crippen molar-refractivity contribution >= 4 is 103 Å². The third-order valence-corrected chi connectivity index (χ3v) is 18.1. The molecule has 2 nitrogen and oxygen atoms in total. The standard InChI is InChI=1S/C50H38F8N2S5/c1-4-6-8-10-12-26-20-32(48-27(13-11-9-7-5-2)19-30(63-48)31-22-34-50(64-31)49-33(62-34)21-29(61-49)18-24(3)23-59)65-47(26)25-14-16-28(17-15-25)60-45-35(37(51)39(53)41(55)43(45)57)36-38(52)40(54)42(56)44(58)46(36)60/h14-22H,4-13H2,1-3H3/b24-18-. The number of nitriles is 1. The van der Waals surface area contributed by atoms with Crippen LogP contribution in [-0.2, 0) is 12.8 Å². The molecule has 0 radical (unpaired) electrons. The molecule has 9 rings (SSSR count). The zero-order valence-corrected chi connectivity index (χ0v) is 39.3. The van der Waals surface area contributed by atoms with E-state index in [1.165, 1.54) is 51.1 Å². The Hall–Kier alpha value is -4.85. The molecular weight excluding hydrogens is 941 g/mol. The van der Waals surface area contributed by atoms with Crippen LogP contribution in [0.1, 0.15) is 88.1 Å². The third-order valence-electron chi connectivity index (χ3n) is 11.6. The van der Waals surface area contributed by atoms with Gasteiger partial charge in [-0.05, 0) is 91.8 Å². The summed E-state index contributed by atoms with van der Waals surface area (Å²) in [5.74, 6) is -17.2. The largest absolute Gasteiger partial charge is 0.303 e. The van der Waals surface area contributed by atoms with Gasteiger partial charge in [-0.3, -0.25) is 0 Å².